The van der Waals surface area contributed by atoms with Gasteiger partial charge in [-0.2, -0.15) is 0 Å². The number of carbonyl (C=O) groups is 1. The normalized spacial score (nSPS) is 25.4. The van der Waals surface area contributed by atoms with Gasteiger partial charge >= 0.3 is 0 Å². The molecule has 0 saturated carbocycles. The van der Waals surface area contributed by atoms with Gasteiger partial charge in [-0.1, -0.05) is 6.07 Å². The van der Waals surface area contributed by atoms with Crippen LogP contribution in [0.2, 0.25) is 0 Å². The predicted octanol–water partition coefficient (Wildman–Crippen LogP) is 1.57. The summed E-state index contributed by atoms with van der Waals surface area (Å²) in [4.78, 5) is 26.9. The zero-order valence-corrected chi connectivity index (χ0v) is 13.9. The Bertz CT molecular complexity index is 728. The Balaban J connectivity index is 1.50. The van der Waals surface area contributed by atoms with Gasteiger partial charge < -0.3 is 14.4 Å². The summed E-state index contributed by atoms with van der Waals surface area (Å²) >= 11 is 0. The quantitative estimate of drug-likeness (QED) is 0.841. The Kier molecular flexibility index (Phi) is 4.31. The van der Waals surface area contributed by atoms with E-state index in [1.165, 1.54) is 0 Å². The lowest BCUT2D eigenvalue weighted by Crippen LogP contribution is -2.54. The van der Waals surface area contributed by atoms with Crippen molar-refractivity contribution in [3.63, 3.8) is 0 Å². The van der Waals surface area contributed by atoms with Crippen LogP contribution in [0.1, 0.15) is 23.5 Å². The van der Waals surface area contributed by atoms with Crippen LogP contribution in [0.25, 0.3) is 0 Å². The van der Waals surface area contributed by atoms with Gasteiger partial charge in [0.15, 0.2) is 0 Å². The van der Waals surface area contributed by atoms with Crippen LogP contribution in [0.4, 0.5) is 0 Å². The monoisotopic (exact) mass is 340 g/mol. The van der Waals surface area contributed by atoms with Crippen molar-refractivity contribution < 1.29 is 14.3 Å². The largest absolute Gasteiger partial charge is 0.477 e. The number of amides is 1. The van der Waals surface area contributed by atoms with E-state index < -0.39 is 0 Å². The predicted molar refractivity (Wildman–Crippen MR) is 89.1 cm³/mol. The maximum Gasteiger partial charge on any atom is 0.291 e. The topological polar surface area (TPSA) is 77.4 Å². The van der Waals surface area contributed by atoms with Crippen LogP contribution in [0, 0.1) is 5.41 Å². The van der Waals surface area contributed by atoms with E-state index >= 15 is 0 Å². The van der Waals surface area contributed by atoms with Crippen LogP contribution < -0.4 is 4.74 Å². The number of hydrogen-bond donors (Lipinski definition) is 0. The minimum absolute atomic E-state index is 0.108. The number of carbonyl (C=O) groups excluding carboxylic acids is 1. The highest BCUT2D eigenvalue weighted by molar-refractivity contribution is 5.90. The Morgan fingerprint density at radius 1 is 1.24 bits per heavy atom. The molecule has 7 heteroatoms. The minimum Gasteiger partial charge on any atom is -0.477 e. The van der Waals surface area contributed by atoms with Gasteiger partial charge in [-0.25, -0.2) is 15.0 Å². The van der Waals surface area contributed by atoms with E-state index in [0.717, 1.165) is 12.8 Å². The lowest BCUT2D eigenvalue weighted by Gasteiger charge is -2.42. The van der Waals surface area contributed by atoms with Gasteiger partial charge in [0.25, 0.3) is 5.91 Å². The maximum atomic E-state index is 12.7. The van der Waals surface area contributed by atoms with Gasteiger partial charge in [-0.05, 0) is 25.0 Å². The molecule has 2 saturated heterocycles. The van der Waals surface area contributed by atoms with Crippen molar-refractivity contribution in [3.8, 4) is 5.88 Å². The number of aromatic nitrogens is 3. The minimum atomic E-state index is -0.208. The number of likely N-dealkylation sites (tertiary alicyclic amines) is 1. The molecule has 0 unspecified atom stereocenters. The van der Waals surface area contributed by atoms with Crippen molar-refractivity contribution in [2.24, 2.45) is 5.41 Å². The van der Waals surface area contributed by atoms with E-state index in [1.54, 1.807) is 24.7 Å². The van der Waals surface area contributed by atoms with Crippen molar-refractivity contribution in [1.29, 1.82) is 0 Å². The Morgan fingerprint density at radius 3 is 2.88 bits per heavy atom. The number of rotatable bonds is 4. The number of nitrogens with zero attached hydrogens (tertiary/aromatic N) is 4. The smallest absolute Gasteiger partial charge is 0.291 e. The third-order valence-electron chi connectivity index (χ3n) is 4.96. The molecule has 2 aromatic rings. The van der Waals surface area contributed by atoms with Gasteiger partial charge in [0, 0.05) is 44.4 Å². The zero-order chi connectivity index (χ0) is 17.1. The lowest BCUT2D eigenvalue weighted by atomic mass is 9.77. The van der Waals surface area contributed by atoms with Crippen molar-refractivity contribution in [2.45, 2.75) is 18.9 Å². The van der Waals surface area contributed by atoms with E-state index in [4.69, 9.17) is 9.47 Å². The van der Waals surface area contributed by atoms with Crippen LogP contribution in [0.3, 0.4) is 0 Å². The van der Waals surface area contributed by atoms with E-state index in [2.05, 4.69) is 15.0 Å². The average Bonchev–Trinajstić information content (AvgIpc) is 3.11. The number of hydrogen-bond acceptors (Lipinski definition) is 6. The molecule has 0 N–H and O–H groups in total. The Morgan fingerprint density at radius 2 is 2.08 bits per heavy atom. The molecule has 2 aromatic heterocycles. The van der Waals surface area contributed by atoms with Crippen LogP contribution in [0.5, 0.6) is 5.88 Å². The third-order valence-corrected chi connectivity index (χ3v) is 4.96. The molecule has 0 radical (unpaired) electrons. The fraction of sp³-hybridized carbons (Fsp3) is 0.444. The summed E-state index contributed by atoms with van der Waals surface area (Å²) in [5.74, 6) is 0.696. The summed E-state index contributed by atoms with van der Waals surface area (Å²) in [5.41, 5.74) is -0.208. The molecule has 25 heavy (non-hydrogen) atoms. The third kappa shape index (κ3) is 3.19. The molecule has 4 heterocycles. The molecule has 2 atom stereocenters. The van der Waals surface area contributed by atoms with Crippen LogP contribution in [0.15, 0.2) is 42.9 Å². The molecule has 7 nitrogen and oxygen atoms in total. The first-order chi connectivity index (χ1) is 12.3. The second-order valence-corrected chi connectivity index (χ2v) is 6.52. The van der Waals surface area contributed by atoms with Crippen molar-refractivity contribution in [3.05, 3.63) is 48.7 Å². The summed E-state index contributed by atoms with van der Waals surface area (Å²) in [7, 11) is 0. The maximum absolute atomic E-state index is 12.7. The van der Waals surface area contributed by atoms with E-state index in [0.29, 0.717) is 32.2 Å². The standard InChI is InChI=1S/C18H20N4O3/c23-17(16-20-8-3-9-21-16)22-10-5-14-18(12-22,6-11-24-14)13-25-15-4-1-2-7-19-15/h1-4,7-9,14H,5-6,10-13H2/t14-,18+/m0/s1. The highest BCUT2D eigenvalue weighted by Gasteiger charge is 2.49. The lowest BCUT2D eigenvalue weighted by molar-refractivity contribution is -0.0334. The Hall–Kier alpha value is -2.54. The molecule has 2 aliphatic heterocycles. The van der Waals surface area contributed by atoms with Crippen LogP contribution in [-0.2, 0) is 4.74 Å². The fourth-order valence-electron chi connectivity index (χ4n) is 3.63. The number of pyridine rings is 1. The number of piperidine rings is 1. The Labute approximate surface area is 146 Å². The number of ether oxygens (including phenoxy) is 2. The van der Waals surface area contributed by atoms with E-state index in [-0.39, 0.29) is 23.3 Å². The van der Waals surface area contributed by atoms with Crippen LogP contribution >= 0.6 is 0 Å². The van der Waals surface area contributed by atoms with Gasteiger partial charge in [0.1, 0.15) is 0 Å². The second kappa shape index (κ2) is 6.76. The van der Waals surface area contributed by atoms with Gasteiger partial charge in [0.2, 0.25) is 11.7 Å². The van der Waals surface area contributed by atoms with Gasteiger partial charge in [-0.3, -0.25) is 4.79 Å². The average molecular weight is 340 g/mol. The molecule has 2 aliphatic rings. The molecule has 4 rings (SSSR count). The number of fused-ring (bicyclic) bond motifs is 1. The summed E-state index contributed by atoms with van der Waals surface area (Å²) in [6.07, 6.45) is 6.65. The molecule has 2 fully saturated rings. The van der Waals surface area contributed by atoms with Crippen LogP contribution in [-0.4, -0.2) is 58.2 Å². The van der Waals surface area contributed by atoms with Crippen molar-refractivity contribution >= 4 is 5.91 Å². The SMILES string of the molecule is O=C(c1ncccn1)N1CC[C@@H]2OCC[C@]2(COc2ccccn2)C1. The van der Waals surface area contributed by atoms with E-state index in [1.807, 2.05) is 23.1 Å². The summed E-state index contributed by atoms with van der Waals surface area (Å²) in [5, 5.41) is 0. The second-order valence-electron chi connectivity index (χ2n) is 6.52. The highest BCUT2D eigenvalue weighted by Crippen LogP contribution is 2.41. The molecular weight excluding hydrogens is 320 g/mol. The molecule has 130 valence electrons. The zero-order valence-electron chi connectivity index (χ0n) is 13.9. The first-order valence-electron chi connectivity index (χ1n) is 8.49. The molecule has 0 bridgehead atoms. The summed E-state index contributed by atoms with van der Waals surface area (Å²) < 4.78 is 11.8. The van der Waals surface area contributed by atoms with Gasteiger partial charge in [0.05, 0.1) is 18.1 Å². The molecule has 0 aliphatic carbocycles. The molecule has 0 aromatic carbocycles. The fourth-order valence-corrected chi connectivity index (χ4v) is 3.63. The first kappa shape index (κ1) is 16.0. The highest BCUT2D eigenvalue weighted by atomic mass is 16.5. The van der Waals surface area contributed by atoms with Gasteiger partial charge in [-0.15, -0.1) is 0 Å². The molecular formula is C18H20N4O3. The van der Waals surface area contributed by atoms with Crippen molar-refractivity contribution in [2.75, 3.05) is 26.3 Å². The van der Waals surface area contributed by atoms with Crippen molar-refractivity contribution in [1.82, 2.24) is 19.9 Å². The molecule has 0 spiro atoms. The van der Waals surface area contributed by atoms with E-state index in [9.17, 15) is 4.79 Å². The summed E-state index contributed by atoms with van der Waals surface area (Å²) in [6.45, 7) is 2.41. The first-order valence-corrected chi connectivity index (χ1v) is 8.49. The molecule has 1 amide bonds. The summed E-state index contributed by atoms with van der Waals surface area (Å²) in [6, 6.07) is 7.29.